The van der Waals surface area contributed by atoms with E-state index in [0.29, 0.717) is 0 Å². The van der Waals surface area contributed by atoms with E-state index < -0.39 is 0 Å². The van der Waals surface area contributed by atoms with Gasteiger partial charge in [-0.05, 0) is 35.9 Å². The van der Waals surface area contributed by atoms with Crippen LogP contribution in [-0.4, -0.2) is 14.2 Å². The quantitative estimate of drug-likeness (QED) is 0.700. The fourth-order valence-corrected chi connectivity index (χ4v) is 2.74. The Hall–Kier alpha value is -2.94. The van der Waals surface area contributed by atoms with E-state index in [1.807, 2.05) is 60.7 Å². The van der Waals surface area contributed by atoms with Crippen LogP contribution in [-0.2, 0) is 0 Å². The minimum atomic E-state index is -0.00394. The molecule has 0 radical (unpaired) electrons. The summed E-state index contributed by atoms with van der Waals surface area (Å²) in [4.78, 5) is 0. The highest BCUT2D eigenvalue weighted by atomic mass is 16.5. The van der Waals surface area contributed by atoms with Gasteiger partial charge in [-0.2, -0.15) is 0 Å². The summed E-state index contributed by atoms with van der Waals surface area (Å²) in [6.07, 6.45) is 0. The molecular weight excluding hydrogens is 298 g/mol. The Morgan fingerprint density at radius 1 is 0.708 bits per heavy atom. The van der Waals surface area contributed by atoms with Crippen LogP contribution in [0.25, 0.3) is 0 Å². The van der Waals surface area contributed by atoms with E-state index in [9.17, 15) is 0 Å². The third-order valence-corrected chi connectivity index (χ3v) is 3.98. The van der Waals surface area contributed by atoms with Crippen LogP contribution in [0.2, 0.25) is 0 Å². The number of ether oxygens (including phenoxy) is 2. The van der Waals surface area contributed by atoms with Crippen LogP contribution in [0.15, 0.2) is 78.9 Å². The molecule has 0 spiro atoms. The monoisotopic (exact) mass is 319 g/mol. The van der Waals surface area contributed by atoms with E-state index in [0.717, 1.165) is 22.7 Å². The van der Waals surface area contributed by atoms with Gasteiger partial charge in [-0.25, -0.2) is 0 Å². The van der Waals surface area contributed by atoms with Crippen LogP contribution in [0.1, 0.15) is 17.2 Å². The van der Waals surface area contributed by atoms with Crippen molar-refractivity contribution in [3.05, 3.63) is 90.0 Å². The van der Waals surface area contributed by atoms with Crippen LogP contribution in [0, 0.1) is 0 Å². The molecule has 0 aliphatic carbocycles. The summed E-state index contributed by atoms with van der Waals surface area (Å²) < 4.78 is 10.8. The molecule has 0 bridgehead atoms. The zero-order valence-corrected chi connectivity index (χ0v) is 13.9. The molecule has 3 nitrogen and oxygen atoms in total. The van der Waals surface area contributed by atoms with Crippen LogP contribution in [0.3, 0.4) is 0 Å². The predicted molar refractivity (Wildman–Crippen MR) is 97.9 cm³/mol. The number of benzene rings is 3. The second-order valence-corrected chi connectivity index (χ2v) is 5.46. The molecule has 0 amide bonds. The summed E-state index contributed by atoms with van der Waals surface area (Å²) in [6, 6.07) is 26.4. The molecule has 0 fully saturated rings. The van der Waals surface area contributed by atoms with Crippen LogP contribution >= 0.6 is 0 Å². The first-order valence-electron chi connectivity index (χ1n) is 7.90. The molecule has 0 saturated heterocycles. The van der Waals surface area contributed by atoms with Crippen molar-refractivity contribution in [3.8, 4) is 11.5 Å². The van der Waals surface area contributed by atoms with Gasteiger partial charge in [0.1, 0.15) is 11.5 Å². The van der Waals surface area contributed by atoms with Gasteiger partial charge in [0.15, 0.2) is 0 Å². The van der Waals surface area contributed by atoms with Gasteiger partial charge in [-0.3, -0.25) is 0 Å². The van der Waals surface area contributed by atoms with Crippen molar-refractivity contribution >= 4 is 5.69 Å². The van der Waals surface area contributed by atoms with Gasteiger partial charge in [-0.15, -0.1) is 0 Å². The minimum Gasteiger partial charge on any atom is -0.497 e. The first-order valence-corrected chi connectivity index (χ1v) is 7.90. The Bertz CT molecular complexity index is 769. The average Bonchev–Trinajstić information content (AvgIpc) is 2.67. The van der Waals surface area contributed by atoms with Crippen LogP contribution in [0.5, 0.6) is 11.5 Å². The number of nitrogens with one attached hydrogen (secondary N) is 1. The van der Waals surface area contributed by atoms with Gasteiger partial charge in [0.05, 0.1) is 20.3 Å². The summed E-state index contributed by atoms with van der Waals surface area (Å²) in [5, 5.41) is 3.60. The van der Waals surface area contributed by atoms with Crippen molar-refractivity contribution in [3.63, 3.8) is 0 Å². The van der Waals surface area contributed by atoms with Crippen molar-refractivity contribution < 1.29 is 9.47 Å². The third-order valence-electron chi connectivity index (χ3n) is 3.98. The van der Waals surface area contributed by atoms with Crippen molar-refractivity contribution in [2.24, 2.45) is 0 Å². The zero-order valence-electron chi connectivity index (χ0n) is 13.9. The highest BCUT2D eigenvalue weighted by molar-refractivity contribution is 5.53. The number of rotatable bonds is 6. The Morgan fingerprint density at radius 2 is 1.38 bits per heavy atom. The van der Waals surface area contributed by atoms with Gasteiger partial charge in [-0.1, -0.05) is 48.5 Å². The van der Waals surface area contributed by atoms with Gasteiger partial charge >= 0.3 is 0 Å². The molecule has 1 N–H and O–H groups in total. The van der Waals surface area contributed by atoms with Crippen molar-refractivity contribution in [2.75, 3.05) is 19.5 Å². The standard InChI is InChI=1S/C21H21NO2/c1-23-18-14-12-17(13-15-18)22-21(16-8-4-3-5-9-16)19-10-6-7-11-20(19)24-2/h3-15,21-22H,1-2H3. The lowest BCUT2D eigenvalue weighted by Gasteiger charge is -2.23. The second kappa shape index (κ2) is 7.55. The lowest BCUT2D eigenvalue weighted by molar-refractivity contribution is 0.408. The fourth-order valence-electron chi connectivity index (χ4n) is 2.74. The minimum absolute atomic E-state index is 0.00394. The molecule has 24 heavy (non-hydrogen) atoms. The molecule has 3 aromatic carbocycles. The van der Waals surface area contributed by atoms with E-state index >= 15 is 0 Å². The molecule has 0 saturated carbocycles. The first-order chi connectivity index (χ1) is 11.8. The molecule has 1 atom stereocenters. The van der Waals surface area contributed by atoms with Crippen molar-refractivity contribution in [1.82, 2.24) is 0 Å². The molecule has 0 aliphatic heterocycles. The summed E-state index contributed by atoms with van der Waals surface area (Å²) in [5.41, 5.74) is 3.30. The van der Waals surface area contributed by atoms with Crippen molar-refractivity contribution in [1.29, 1.82) is 0 Å². The van der Waals surface area contributed by atoms with Gasteiger partial charge in [0.25, 0.3) is 0 Å². The normalized spacial score (nSPS) is 11.6. The van der Waals surface area contributed by atoms with E-state index in [2.05, 4.69) is 23.5 Å². The van der Waals surface area contributed by atoms with E-state index in [1.165, 1.54) is 5.56 Å². The smallest absolute Gasteiger partial charge is 0.124 e. The Kier molecular flexibility index (Phi) is 5.02. The topological polar surface area (TPSA) is 30.5 Å². The highest BCUT2D eigenvalue weighted by Gasteiger charge is 2.17. The van der Waals surface area contributed by atoms with Gasteiger partial charge in [0.2, 0.25) is 0 Å². The Balaban J connectivity index is 1.99. The molecule has 3 aromatic rings. The number of para-hydroxylation sites is 1. The largest absolute Gasteiger partial charge is 0.497 e. The van der Waals surface area contributed by atoms with E-state index in [-0.39, 0.29) is 6.04 Å². The summed E-state index contributed by atoms with van der Waals surface area (Å²) >= 11 is 0. The molecule has 0 aliphatic rings. The average molecular weight is 319 g/mol. The maximum atomic E-state index is 5.56. The lowest BCUT2D eigenvalue weighted by atomic mass is 9.97. The highest BCUT2D eigenvalue weighted by Crippen LogP contribution is 2.33. The maximum Gasteiger partial charge on any atom is 0.124 e. The maximum absolute atomic E-state index is 5.56. The van der Waals surface area contributed by atoms with E-state index in [4.69, 9.17) is 9.47 Å². The number of hydrogen-bond acceptors (Lipinski definition) is 3. The van der Waals surface area contributed by atoms with Gasteiger partial charge < -0.3 is 14.8 Å². The molecule has 3 heteroatoms. The summed E-state index contributed by atoms with van der Waals surface area (Å²) in [7, 11) is 3.37. The Labute approximate surface area is 142 Å². The van der Waals surface area contributed by atoms with E-state index in [1.54, 1.807) is 14.2 Å². The summed E-state index contributed by atoms with van der Waals surface area (Å²) in [6.45, 7) is 0. The molecule has 122 valence electrons. The lowest BCUT2D eigenvalue weighted by Crippen LogP contribution is -2.13. The zero-order chi connectivity index (χ0) is 16.8. The molecule has 1 unspecified atom stereocenters. The molecule has 0 heterocycles. The van der Waals surface area contributed by atoms with Crippen LogP contribution < -0.4 is 14.8 Å². The first kappa shape index (κ1) is 15.9. The third kappa shape index (κ3) is 3.51. The number of hydrogen-bond donors (Lipinski definition) is 1. The van der Waals surface area contributed by atoms with Gasteiger partial charge in [0, 0.05) is 11.3 Å². The molecular formula is C21H21NO2. The fraction of sp³-hybridized carbons (Fsp3) is 0.143. The Morgan fingerprint density at radius 3 is 2.04 bits per heavy atom. The number of anilines is 1. The molecule has 3 rings (SSSR count). The molecule has 0 aromatic heterocycles. The number of methoxy groups -OCH3 is 2. The summed E-state index contributed by atoms with van der Waals surface area (Å²) in [5.74, 6) is 1.71. The second-order valence-electron chi connectivity index (χ2n) is 5.46. The van der Waals surface area contributed by atoms with Crippen molar-refractivity contribution in [2.45, 2.75) is 6.04 Å². The van der Waals surface area contributed by atoms with Crippen LogP contribution in [0.4, 0.5) is 5.69 Å². The predicted octanol–water partition coefficient (Wildman–Crippen LogP) is 4.91. The SMILES string of the molecule is COc1ccc(NC(c2ccccc2)c2ccccc2OC)cc1.